The Morgan fingerprint density at radius 1 is 1.43 bits per heavy atom. The molecule has 1 aromatic heterocycles. The first-order valence-corrected chi connectivity index (χ1v) is 7.37. The summed E-state index contributed by atoms with van der Waals surface area (Å²) in [5, 5.41) is 16.0. The van der Waals surface area contributed by atoms with Gasteiger partial charge in [-0.1, -0.05) is 6.07 Å². The average molecular weight is 315 g/mol. The number of hydrogen-bond donors (Lipinski definition) is 2. The van der Waals surface area contributed by atoms with Gasteiger partial charge >= 0.3 is 5.97 Å². The highest BCUT2D eigenvalue weighted by molar-refractivity contribution is 5.94. The smallest absolute Gasteiger partial charge is 0.339 e. The van der Waals surface area contributed by atoms with Gasteiger partial charge in [-0.3, -0.25) is 4.79 Å². The van der Waals surface area contributed by atoms with Crippen LogP contribution in [0, 0.1) is 6.92 Å². The van der Waals surface area contributed by atoms with Gasteiger partial charge in [0.1, 0.15) is 11.7 Å². The number of aromatic nitrogens is 2. The number of aromatic carboxylic acids is 1. The number of anilines is 1. The number of benzene rings is 1. The molecule has 120 valence electrons. The standard InChI is InChI=1S/C16H17N3O4/c1-10-13(16(21)22)9-17-19(10)12-5-2-4-11(8-12)18-15(20)14-6-3-7-23-14/h2,4-5,8-9,14H,3,6-7H2,1H3,(H,18,20)(H,21,22). The lowest BCUT2D eigenvalue weighted by atomic mass is 10.2. The van der Waals surface area contributed by atoms with Crippen LogP contribution in [-0.4, -0.2) is 39.5 Å². The van der Waals surface area contributed by atoms with Gasteiger partial charge in [-0.05, 0) is 38.0 Å². The fourth-order valence-corrected chi connectivity index (χ4v) is 2.60. The predicted molar refractivity (Wildman–Crippen MR) is 82.9 cm³/mol. The molecule has 1 atom stereocenters. The van der Waals surface area contributed by atoms with Crippen molar-refractivity contribution in [2.75, 3.05) is 11.9 Å². The molecule has 0 spiro atoms. The van der Waals surface area contributed by atoms with Crippen LogP contribution in [0.3, 0.4) is 0 Å². The third-order valence-electron chi connectivity index (χ3n) is 3.82. The van der Waals surface area contributed by atoms with E-state index in [0.717, 1.165) is 12.8 Å². The van der Waals surface area contributed by atoms with Gasteiger partial charge in [0.25, 0.3) is 5.91 Å². The summed E-state index contributed by atoms with van der Waals surface area (Å²) >= 11 is 0. The number of nitrogens with one attached hydrogen (secondary N) is 1. The highest BCUT2D eigenvalue weighted by atomic mass is 16.5. The quantitative estimate of drug-likeness (QED) is 0.900. The van der Waals surface area contributed by atoms with Crippen LogP contribution in [0.2, 0.25) is 0 Å². The van der Waals surface area contributed by atoms with Gasteiger partial charge in [0.2, 0.25) is 0 Å². The highest BCUT2D eigenvalue weighted by Gasteiger charge is 2.23. The lowest BCUT2D eigenvalue weighted by molar-refractivity contribution is -0.124. The van der Waals surface area contributed by atoms with E-state index in [9.17, 15) is 9.59 Å². The van der Waals surface area contributed by atoms with Gasteiger partial charge in [-0.2, -0.15) is 5.10 Å². The number of amides is 1. The van der Waals surface area contributed by atoms with Crippen LogP contribution in [0.4, 0.5) is 5.69 Å². The molecule has 1 aliphatic rings. The minimum atomic E-state index is -1.02. The summed E-state index contributed by atoms with van der Waals surface area (Å²) in [5.74, 6) is -1.18. The van der Waals surface area contributed by atoms with Crippen LogP contribution in [0.5, 0.6) is 0 Å². The summed E-state index contributed by atoms with van der Waals surface area (Å²) in [4.78, 5) is 23.2. The van der Waals surface area contributed by atoms with Crippen molar-refractivity contribution in [2.45, 2.75) is 25.9 Å². The summed E-state index contributed by atoms with van der Waals surface area (Å²) < 4.78 is 6.89. The maximum Gasteiger partial charge on any atom is 0.339 e. The van der Waals surface area contributed by atoms with Crippen molar-refractivity contribution in [3.8, 4) is 5.69 Å². The molecule has 2 N–H and O–H groups in total. The molecule has 2 aromatic rings. The molecule has 1 unspecified atom stereocenters. The van der Waals surface area contributed by atoms with Crippen LogP contribution in [0.1, 0.15) is 28.9 Å². The molecule has 1 saturated heterocycles. The summed E-state index contributed by atoms with van der Waals surface area (Å²) in [6, 6.07) is 7.10. The van der Waals surface area contributed by atoms with E-state index < -0.39 is 12.1 Å². The Kier molecular flexibility index (Phi) is 4.12. The molecule has 7 nitrogen and oxygen atoms in total. The van der Waals surface area contributed by atoms with Crippen molar-refractivity contribution in [1.82, 2.24) is 9.78 Å². The molecule has 2 heterocycles. The second-order valence-electron chi connectivity index (χ2n) is 5.40. The van der Waals surface area contributed by atoms with Crippen molar-refractivity contribution in [3.05, 3.63) is 41.7 Å². The number of carbonyl (C=O) groups excluding carboxylic acids is 1. The van der Waals surface area contributed by atoms with Crippen molar-refractivity contribution >= 4 is 17.6 Å². The molecule has 0 aliphatic carbocycles. The van der Waals surface area contributed by atoms with Gasteiger partial charge in [0.15, 0.2) is 0 Å². The van der Waals surface area contributed by atoms with Crippen molar-refractivity contribution in [3.63, 3.8) is 0 Å². The Labute approximate surface area is 132 Å². The van der Waals surface area contributed by atoms with E-state index in [2.05, 4.69) is 10.4 Å². The van der Waals surface area contributed by atoms with Gasteiger partial charge < -0.3 is 15.2 Å². The maximum absolute atomic E-state index is 12.1. The molecule has 3 rings (SSSR count). The van der Waals surface area contributed by atoms with Crippen LogP contribution in [0.25, 0.3) is 5.69 Å². The Hall–Kier alpha value is -2.67. The number of carboxylic acids is 1. The third-order valence-corrected chi connectivity index (χ3v) is 3.82. The first kappa shape index (κ1) is 15.2. The van der Waals surface area contributed by atoms with Gasteiger partial charge in [-0.25, -0.2) is 9.48 Å². The molecular formula is C16H17N3O4. The van der Waals surface area contributed by atoms with Crippen LogP contribution < -0.4 is 5.32 Å². The normalized spacial score (nSPS) is 17.2. The number of rotatable bonds is 4. The average Bonchev–Trinajstić information content (AvgIpc) is 3.16. The van der Waals surface area contributed by atoms with Gasteiger partial charge in [0.05, 0.1) is 17.6 Å². The number of carbonyl (C=O) groups is 2. The molecule has 1 aliphatic heterocycles. The van der Waals surface area contributed by atoms with Crippen molar-refractivity contribution in [1.29, 1.82) is 0 Å². The van der Waals surface area contributed by atoms with E-state index >= 15 is 0 Å². The molecule has 23 heavy (non-hydrogen) atoms. The van der Waals surface area contributed by atoms with Crippen LogP contribution >= 0.6 is 0 Å². The predicted octanol–water partition coefficient (Wildman–Crippen LogP) is 2.00. The second kappa shape index (κ2) is 6.21. The van der Waals surface area contributed by atoms with Crippen molar-refractivity contribution < 1.29 is 19.4 Å². The fourth-order valence-electron chi connectivity index (χ4n) is 2.60. The van der Waals surface area contributed by atoms with Crippen molar-refractivity contribution in [2.24, 2.45) is 0 Å². The molecular weight excluding hydrogens is 298 g/mol. The topological polar surface area (TPSA) is 93.5 Å². The molecule has 0 radical (unpaired) electrons. The number of carboxylic acid groups (broad SMARTS) is 1. The minimum Gasteiger partial charge on any atom is -0.478 e. The number of nitrogens with zero attached hydrogens (tertiary/aromatic N) is 2. The lowest BCUT2D eigenvalue weighted by Crippen LogP contribution is -2.26. The number of ether oxygens (including phenoxy) is 1. The van der Waals surface area contributed by atoms with E-state index in [1.165, 1.54) is 10.9 Å². The van der Waals surface area contributed by atoms with E-state index in [1.54, 1.807) is 31.2 Å². The molecule has 0 saturated carbocycles. The van der Waals surface area contributed by atoms with E-state index in [0.29, 0.717) is 23.7 Å². The Morgan fingerprint density at radius 2 is 2.26 bits per heavy atom. The zero-order chi connectivity index (χ0) is 16.4. The molecule has 1 fully saturated rings. The first-order chi connectivity index (χ1) is 11.1. The summed E-state index contributed by atoms with van der Waals surface area (Å²) in [5.41, 5.74) is 1.98. The second-order valence-corrected chi connectivity index (χ2v) is 5.40. The van der Waals surface area contributed by atoms with Gasteiger partial charge in [-0.15, -0.1) is 0 Å². The van der Waals surface area contributed by atoms with E-state index in [-0.39, 0.29) is 11.5 Å². The third kappa shape index (κ3) is 3.09. The SMILES string of the molecule is Cc1c(C(=O)O)cnn1-c1cccc(NC(=O)C2CCCO2)c1. The van der Waals surface area contributed by atoms with Crippen LogP contribution in [-0.2, 0) is 9.53 Å². The Morgan fingerprint density at radius 3 is 2.91 bits per heavy atom. The summed E-state index contributed by atoms with van der Waals surface area (Å²) in [7, 11) is 0. The summed E-state index contributed by atoms with van der Waals surface area (Å²) in [6.45, 7) is 2.30. The molecule has 0 bridgehead atoms. The molecule has 7 heteroatoms. The van der Waals surface area contributed by atoms with Crippen LogP contribution in [0.15, 0.2) is 30.5 Å². The zero-order valence-corrected chi connectivity index (χ0v) is 12.7. The maximum atomic E-state index is 12.1. The minimum absolute atomic E-state index is 0.152. The summed E-state index contributed by atoms with van der Waals surface area (Å²) in [6.07, 6.45) is 2.53. The van der Waals surface area contributed by atoms with E-state index in [1.807, 2.05) is 0 Å². The first-order valence-electron chi connectivity index (χ1n) is 7.37. The molecule has 1 aromatic carbocycles. The molecule has 1 amide bonds. The van der Waals surface area contributed by atoms with Gasteiger partial charge in [0, 0.05) is 12.3 Å². The Balaban J connectivity index is 1.82. The highest BCUT2D eigenvalue weighted by Crippen LogP contribution is 2.19. The van der Waals surface area contributed by atoms with E-state index in [4.69, 9.17) is 9.84 Å². The largest absolute Gasteiger partial charge is 0.478 e. The zero-order valence-electron chi connectivity index (χ0n) is 12.7. The lowest BCUT2D eigenvalue weighted by Gasteiger charge is -2.12. The Bertz CT molecular complexity index is 748. The monoisotopic (exact) mass is 315 g/mol. The number of hydrogen-bond acceptors (Lipinski definition) is 4. The fraction of sp³-hybridized carbons (Fsp3) is 0.312.